The van der Waals surface area contributed by atoms with Gasteiger partial charge in [-0.25, -0.2) is 8.78 Å². The first-order valence-corrected chi connectivity index (χ1v) is 4.90. The van der Waals surface area contributed by atoms with Gasteiger partial charge >= 0.3 is 0 Å². The van der Waals surface area contributed by atoms with Crippen molar-refractivity contribution in [3.8, 4) is 5.75 Å². The third kappa shape index (κ3) is 3.59. The number of benzene rings is 1. The van der Waals surface area contributed by atoms with Gasteiger partial charge in [0.1, 0.15) is 0 Å². The topological polar surface area (TPSA) is 29.5 Å². The molecule has 2 nitrogen and oxygen atoms in total. The van der Waals surface area contributed by atoms with E-state index in [9.17, 15) is 22.7 Å². The van der Waals surface area contributed by atoms with Crippen LogP contribution in [0.2, 0.25) is 0 Å². The van der Waals surface area contributed by atoms with Gasteiger partial charge in [0.05, 0.1) is 12.2 Å². The van der Waals surface area contributed by atoms with Gasteiger partial charge in [-0.2, -0.15) is 8.78 Å². The zero-order valence-electron chi connectivity index (χ0n) is 9.36. The second kappa shape index (κ2) is 4.91. The molecule has 0 bridgehead atoms. The third-order valence-corrected chi connectivity index (χ3v) is 2.03. The highest BCUT2D eigenvalue weighted by Gasteiger charge is 2.21. The zero-order chi connectivity index (χ0) is 13.2. The van der Waals surface area contributed by atoms with Crippen molar-refractivity contribution in [2.45, 2.75) is 25.9 Å². The van der Waals surface area contributed by atoms with E-state index >= 15 is 0 Å². The first-order valence-electron chi connectivity index (χ1n) is 4.90. The van der Waals surface area contributed by atoms with Crippen LogP contribution in [0.25, 0.3) is 0 Å². The Bertz CT molecular complexity index is 387. The Kier molecular flexibility index (Phi) is 3.98. The second-order valence-corrected chi connectivity index (χ2v) is 4.21. The standard InChI is InChI=1S/C11H12F4O2/c1-11(2,16)3-4-17-10-8(14)6(12)5-7(13)9(10)15/h5,16H,3-4H2,1-2H3. The molecule has 0 aromatic heterocycles. The summed E-state index contributed by atoms with van der Waals surface area (Å²) in [4.78, 5) is 0. The Labute approximate surface area is 95.8 Å². The van der Waals surface area contributed by atoms with Crippen LogP contribution in [0.15, 0.2) is 6.07 Å². The maximum Gasteiger partial charge on any atom is 0.203 e. The average molecular weight is 252 g/mol. The van der Waals surface area contributed by atoms with Gasteiger partial charge in [-0.1, -0.05) is 0 Å². The molecule has 1 rings (SSSR count). The van der Waals surface area contributed by atoms with E-state index in [2.05, 4.69) is 4.74 Å². The summed E-state index contributed by atoms with van der Waals surface area (Å²) in [5.74, 6) is -7.32. The molecule has 0 aliphatic rings. The minimum Gasteiger partial charge on any atom is -0.487 e. The van der Waals surface area contributed by atoms with Crippen LogP contribution >= 0.6 is 0 Å². The van der Waals surface area contributed by atoms with Crippen molar-refractivity contribution in [2.75, 3.05) is 6.61 Å². The Morgan fingerprint density at radius 2 is 1.59 bits per heavy atom. The second-order valence-electron chi connectivity index (χ2n) is 4.21. The lowest BCUT2D eigenvalue weighted by Gasteiger charge is -2.17. The summed E-state index contributed by atoms with van der Waals surface area (Å²) in [7, 11) is 0. The number of aliphatic hydroxyl groups is 1. The van der Waals surface area contributed by atoms with E-state index in [1.54, 1.807) is 0 Å². The van der Waals surface area contributed by atoms with Crippen LogP contribution in [-0.2, 0) is 0 Å². The molecular weight excluding hydrogens is 240 g/mol. The fourth-order valence-corrected chi connectivity index (χ4v) is 1.08. The quantitative estimate of drug-likeness (QED) is 0.659. The van der Waals surface area contributed by atoms with Crippen molar-refractivity contribution in [2.24, 2.45) is 0 Å². The molecule has 6 heteroatoms. The lowest BCUT2D eigenvalue weighted by atomic mass is 10.1. The van der Waals surface area contributed by atoms with E-state index in [-0.39, 0.29) is 19.1 Å². The molecule has 1 N–H and O–H groups in total. The first-order chi connectivity index (χ1) is 7.72. The molecule has 1 aromatic rings. The highest BCUT2D eigenvalue weighted by Crippen LogP contribution is 2.26. The third-order valence-electron chi connectivity index (χ3n) is 2.03. The van der Waals surface area contributed by atoms with E-state index in [1.807, 2.05) is 0 Å². The monoisotopic (exact) mass is 252 g/mol. The number of hydrogen-bond donors (Lipinski definition) is 1. The van der Waals surface area contributed by atoms with Crippen LogP contribution in [0.1, 0.15) is 20.3 Å². The molecule has 0 saturated carbocycles. The van der Waals surface area contributed by atoms with Gasteiger partial charge in [-0.05, 0) is 13.8 Å². The molecular formula is C11H12F4O2. The lowest BCUT2D eigenvalue weighted by Crippen LogP contribution is -2.22. The SMILES string of the molecule is CC(C)(O)CCOc1c(F)c(F)cc(F)c1F. The molecule has 0 saturated heterocycles. The van der Waals surface area contributed by atoms with Gasteiger partial charge in [-0.3, -0.25) is 0 Å². The summed E-state index contributed by atoms with van der Waals surface area (Å²) in [6.07, 6.45) is 0.0595. The number of ether oxygens (including phenoxy) is 1. The average Bonchev–Trinajstić information content (AvgIpc) is 2.19. The summed E-state index contributed by atoms with van der Waals surface area (Å²) in [6.45, 7) is 2.67. The van der Waals surface area contributed by atoms with E-state index in [0.29, 0.717) is 0 Å². The molecule has 0 aliphatic heterocycles. The van der Waals surface area contributed by atoms with Gasteiger partial charge < -0.3 is 9.84 Å². The number of rotatable bonds is 4. The smallest absolute Gasteiger partial charge is 0.203 e. The molecule has 1 aromatic carbocycles. The fourth-order valence-electron chi connectivity index (χ4n) is 1.08. The normalized spacial score (nSPS) is 11.7. The lowest BCUT2D eigenvalue weighted by molar-refractivity contribution is 0.0538. The van der Waals surface area contributed by atoms with Crippen molar-refractivity contribution >= 4 is 0 Å². The summed E-state index contributed by atoms with van der Waals surface area (Å²) in [5, 5.41) is 9.33. The first kappa shape index (κ1) is 13.8. The highest BCUT2D eigenvalue weighted by molar-refractivity contribution is 5.28. The summed E-state index contributed by atoms with van der Waals surface area (Å²) >= 11 is 0. The zero-order valence-corrected chi connectivity index (χ0v) is 9.36. The Morgan fingerprint density at radius 1 is 1.12 bits per heavy atom. The molecule has 0 amide bonds. The predicted octanol–water partition coefficient (Wildman–Crippen LogP) is 2.78. The van der Waals surface area contributed by atoms with Crippen molar-refractivity contribution < 1.29 is 27.4 Å². The van der Waals surface area contributed by atoms with Crippen LogP contribution in [0.3, 0.4) is 0 Å². The fraction of sp³-hybridized carbons (Fsp3) is 0.455. The summed E-state index contributed by atoms with van der Waals surface area (Å²) in [6, 6.07) is 0.105. The summed E-state index contributed by atoms with van der Waals surface area (Å²) in [5.41, 5.74) is -1.10. The van der Waals surface area contributed by atoms with Crippen LogP contribution in [0, 0.1) is 23.3 Å². The van der Waals surface area contributed by atoms with Gasteiger partial charge in [0.25, 0.3) is 0 Å². The molecule has 0 spiro atoms. The molecule has 0 heterocycles. The molecule has 0 fully saturated rings. The molecule has 0 atom stereocenters. The van der Waals surface area contributed by atoms with E-state index < -0.39 is 34.6 Å². The molecule has 17 heavy (non-hydrogen) atoms. The number of halogens is 4. The molecule has 96 valence electrons. The maximum atomic E-state index is 13.1. The van der Waals surface area contributed by atoms with Gasteiger partial charge in [-0.15, -0.1) is 0 Å². The molecule has 0 aliphatic carbocycles. The van der Waals surface area contributed by atoms with Gasteiger partial charge in [0.15, 0.2) is 17.4 Å². The van der Waals surface area contributed by atoms with Gasteiger partial charge in [0.2, 0.25) is 11.6 Å². The van der Waals surface area contributed by atoms with E-state index in [4.69, 9.17) is 0 Å². The highest BCUT2D eigenvalue weighted by atomic mass is 19.2. The molecule has 0 unspecified atom stereocenters. The Hall–Kier alpha value is -1.30. The number of hydrogen-bond acceptors (Lipinski definition) is 2. The summed E-state index contributed by atoms with van der Waals surface area (Å²) < 4.78 is 56.3. The predicted molar refractivity (Wildman–Crippen MR) is 52.7 cm³/mol. The Morgan fingerprint density at radius 3 is 2.00 bits per heavy atom. The van der Waals surface area contributed by atoms with Crippen LogP contribution < -0.4 is 4.74 Å². The van der Waals surface area contributed by atoms with Crippen molar-refractivity contribution in [3.05, 3.63) is 29.3 Å². The minimum atomic E-state index is -1.58. The largest absolute Gasteiger partial charge is 0.487 e. The molecule has 0 radical (unpaired) electrons. The van der Waals surface area contributed by atoms with E-state index in [1.165, 1.54) is 13.8 Å². The Balaban J connectivity index is 2.84. The van der Waals surface area contributed by atoms with Gasteiger partial charge in [0, 0.05) is 12.5 Å². The minimum absolute atomic E-state index is 0.0595. The van der Waals surface area contributed by atoms with Crippen molar-refractivity contribution in [1.82, 2.24) is 0 Å². The maximum absolute atomic E-state index is 13.1. The van der Waals surface area contributed by atoms with Crippen molar-refractivity contribution in [1.29, 1.82) is 0 Å². The van der Waals surface area contributed by atoms with Crippen molar-refractivity contribution in [3.63, 3.8) is 0 Å². The van der Waals surface area contributed by atoms with Crippen LogP contribution in [-0.4, -0.2) is 17.3 Å². The van der Waals surface area contributed by atoms with Crippen LogP contribution in [0.4, 0.5) is 17.6 Å². The van der Waals surface area contributed by atoms with E-state index in [0.717, 1.165) is 0 Å². The van der Waals surface area contributed by atoms with Crippen LogP contribution in [0.5, 0.6) is 5.75 Å².